The van der Waals surface area contributed by atoms with Gasteiger partial charge in [-0.15, -0.1) is 0 Å². The van der Waals surface area contributed by atoms with Crippen LogP contribution in [0.4, 0.5) is 0 Å². The first-order valence-electron chi connectivity index (χ1n) is 10.1. The van der Waals surface area contributed by atoms with Gasteiger partial charge in [-0.05, 0) is 43.4 Å². The van der Waals surface area contributed by atoms with Crippen LogP contribution < -0.4 is 5.32 Å². The van der Waals surface area contributed by atoms with E-state index in [9.17, 15) is 4.79 Å². The van der Waals surface area contributed by atoms with Gasteiger partial charge in [0.25, 0.3) is 5.91 Å². The third-order valence-electron chi connectivity index (χ3n) is 6.79. The van der Waals surface area contributed by atoms with Crippen LogP contribution >= 0.6 is 0 Å². The van der Waals surface area contributed by atoms with Gasteiger partial charge in [0.1, 0.15) is 5.54 Å². The van der Waals surface area contributed by atoms with Gasteiger partial charge >= 0.3 is 0 Å². The lowest BCUT2D eigenvalue weighted by Crippen LogP contribution is -2.49. The van der Waals surface area contributed by atoms with E-state index in [1.54, 1.807) is 7.05 Å². The minimum Gasteiger partial charge on any atom is -0.342 e. The molecule has 2 aliphatic carbocycles. The molecule has 3 fully saturated rings. The van der Waals surface area contributed by atoms with Crippen molar-refractivity contribution in [1.82, 2.24) is 10.2 Å². The van der Waals surface area contributed by atoms with E-state index in [-0.39, 0.29) is 5.91 Å². The number of amides is 1. The summed E-state index contributed by atoms with van der Waals surface area (Å²) < 4.78 is 0. The second-order valence-electron chi connectivity index (χ2n) is 8.80. The molecule has 3 rings (SSSR count). The maximum Gasteiger partial charge on any atom is 0.254 e. The Labute approximate surface area is 147 Å². The average molecular weight is 334 g/mol. The van der Waals surface area contributed by atoms with Crippen LogP contribution in [-0.4, -0.2) is 29.4 Å². The highest BCUT2D eigenvalue weighted by Gasteiger charge is 2.49. The van der Waals surface area contributed by atoms with Crippen LogP contribution in [0, 0.1) is 23.2 Å². The molecule has 0 spiro atoms. The van der Waals surface area contributed by atoms with Gasteiger partial charge in [0.15, 0.2) is 5.96 Å². The van der Waals surface area contributed by atoms with Crippen molar-refractivity contribution in [2.45, 2.75) is 89.5 Å². The molecule has 1 aliphatic heterocycles. The molecule has 1 saturated heterocycles. The number of nitrogens with zero attached hydrogens (tertiary/aromatic N) is 1. The summed E-state index contributed by atoms with van der Waals surface area (Å²) >= 11 is 0. The smallest absolute Gasteiger partial charge is 0.254 e. The number of hydrogen-bond acceptors (Lipinski definition) is 2. The van der Waals surface area contributed by atoms with E-state index in [2.05, 4.69) is 12.2 Å². The van der Waals surface area contributed by atoms with Gasteiger partial charge in [-0.1, -0.05) is 58.3 Å². The molecule has 1 heterocycles. The topological polar surface area (TPSA) is 56.2 Å². The van der Waals surface area contributed by atoms with Crippen LogP contribution in [0.1, 0.15) is 84.0 Å². The molecule has 2 saturated carbocycles. The fourth-order valence-electron chi connectivity index (χ4n) is 5.36. The van der Waals surface area contributed by atoms with Crippen molar-refractivity contribution in [3.8, 4) is 0 Å². The molecular weight excluding hydrogens is 298 g/mol. The van der Waals surface area contributed by atoms with Gasteiger partial charge < -0.3 is 5.32 Å². The lowest BCUT2D eigenvalue weighted by Gasteiger charge is -2.36. The molecule has 3 atom stereocenters. The SMILES string of the molecule is C[C@H]1CCC[C@H](C[C@@]2(CCC3CCCCC3)NC(=N)N(C)C2=O)C1. The monoisotopic (exact) mass is 333 g/mol. The molecule has 136 valence electrons. The van der Waals surface area contributed by atoms with Crippen LogP contribution in [-0.2, 0) is 4.79 Å². The average Bonchev–Trinajstić information content (AvgIpc) is 2.78. The van der Waals surface area contributed by atoms with Crippen molar-refractivity contribution in [3.05, 3.63) is 0 Å². The summed E-state index contributed by atoms with van der Waals surface area (Å²) in [6.45, 7) is 2.35. The Morgan fingerprint density at radius 2 is 1.83 bits per heavy atom. The Bertz CT molecular complexity index is 472. The van der Waals surface area contributed by atoms with Crippen molar-refractivity contribution in [3.63, 3.8) is 0 Å². The number of carbonyl (C=O) groups excluding carboxylic acids is 1. The molecule has 0 bridgehead atoms. The second kappa shape index (κ2) is 7.45. The minimum atomic E-state index is -0.495. The molecule has 0 radical (unpaired) electrons. The Balaban J connectivity index is 1.68. The van der Waals surface area contributed by atoms with Crippen LogP contribution in [0.2, 0.25) is 0 Å². The standard InChI is InChI=1S/C20H35N3O/c1-15-7-6-10-17(13-15)14-20(18(24)23(2)19(21)22-20)12-11-16-8-4-3-5-9-16/h15-17H,3-14H2,1-2H3,(H2,21,22)/t15-,17-,20+/m0/s1. The molecule has 0 aromatic rings. The van der Waals surface area contributed by atoms with Crippen LogP contribution in [0.15, 0.2) is 0 Å². The van der Waals surface area contributed by atoms with Crippen molar-refractivity contribution in [2.75, 3.05) is 7.05 Å². The minimum absolute atomic E-state index is 0.140. The molecular formula is C20H35N3O. The molecule has 0 aromatic heterocycles. The predicted octanol–water partition coefficient (Wildman–Crippen LogP) is 4.30. The second-order valence-corrected chi connectivity index (χ2v) is 8.80. The highest BCUT2D eigenvalue weighted by Crippen LogP contribution is 2.39. The van der Waals surface area contributed by atoms with Crippen molar-refractivity contribution in [1.29, 1.82) is 5.41 Å². The van der Waals surface area contributed by atoms with E-state index in [0.717, 1.165) is 31.1 Å². The Morgan fingerprint density at radius 3 is 2.46 bits per heavy atom. The van der Waals surface area contributed by atoms with Crippen molar-refractivity contribution in [2.24, 2.45) is 17.8 Å². The van der Waals surface area contributed by atoms with Gasteiger partial charge in [0.2, 0.25) is 0 Å². The summed E-state index contributed by atoms with van der Waals surface area (Å²) in [5, 5.41) is 11.4. The summed E-state index contributed by atoms with van der Waals surface area (Å²) in [5.74, 6) is 2.65. The van der Waals surface area contributed by atoms with E-state index in [4.69, 9.17) is 5.41 Å². The van der Waals surface area contributed by atoms with E-state index < -0.39 is 5.54 Å². The predicted molar refractivity (Wildman–Crippen MR) is 97.9 cm³/mol. The Morgan fingerprint density at radius 1 is 1.12 bits per heavy atom. The summed E-state index contributed by atoms with van der Waals surface area (Å²) in [5.41, 5.74) is -0.495. The largest absolute Gasteiger partial charge is 0.342 e. The highest BCUT2D eigenvalue weighted by atomic mass is 16.2. The first kappa shape index (κ1) is 17.8. The quantitative estimate of drug-likeness (QED) is 0.788. The summed E-state index contributed by atoms with van der Waals surface area (Å²) in [7, 11) is 1.75. The number of nitrogens with one attached hydrogen (secondary N) is 2. The summed E-state index contributed by atoms with van der Waals surface area (Å²) in [6.07, 6.45) is 14.9. The van der Waals surface area contributed by atoms with E-state index in [1.807, 2.05) is 0 Å². The van der Waals surface area contributed by atoms with Gasteiger partial charge in [-0.25, -0.2) is 0 Å². The van der Waals surface area contributed by atoms with Crippen molar-refractivity contribution < 1.29 is 4.79 Å². The number of guanidine groups is 1. The number of carbonyl (C=O) groups is 1. The first-order valence-corrected chi connectivity index (χ1v) is 10.1. The van der Waals surface area contributed by atoms with Crippen LogP contribution in [0.25, 0.3) is 0 Å². The molecule has 0 aromatic carbocycles. The number of hydrogen-bond donors (Lipinski definition) is 2. The first-order chi connectivity index (χ1) is 11.5. The number of rotatable bonds is 5. The lowest BCUT2D eigenvalue weighted by atomic mass is 9.73. The zero-order chi connectivity index (χ0) is 17.2. The summed E-state index contributed by atoms with van der Waals surface area (Å²) in [4.78, 5) is 14.5. The lowest BCUT2D eigenvalue weighted by molar-refractivity contribution is -0.131. The maximum atomic E-state index is 13.0. The van der Waals surface area contributed by atoms with E-state index >= 15 is 0 Å². The molecule has 1 amide bonds. The Hall–Kier alpha value is -1.06. The zero-order valence-corrected chi connectivity index (χ0v) is 15.6. The van der Waals surface area contributed by atoms with Gasteiger partial charge in [0, 0.05) is 7.05 Å². The van der Waals surface area contributed by atoms with E-state index in [0.29, 0.717) is 11.9 Å². The molecule has 4 heteroatoms. The molecule has 4 nitrogen and oxygen atoms in total. The fourth-order valence-corrected chi connectivity index (χ4v) is 5.36. The molecule has 2 N–H and O–H groups in total. The molecule has 3 aliphatic rings. The number of likely N-dealkylation sites (N-methyl/N-ethyl adjacent to an activating group) is 1. The summed E-state index contributed by atoms with van der Waals surface area (Å²) in [6, 6.07) is 0. The Kier molecular flexibility index (Phi) is 5.51. The van der Waals surface area contributed by atoms with Crippen LogP contribution in [0.5, 0.6) is 0 Å². The third-order valence-corrected chi connectivity index (χ3v) is 6.79. The fraction of sp³-hybridized carbons (Fsp3) is 0.900. The molecule has 24 heavy (non-hydrogen) atoms. The normalized spacial score (nSPS) is 35.3. The van der Waals surface area contributed by atoms with Gasteiger partial charge in [-0.2, -0.15) is 0 Å². The van der Waals surface area contributed by atoms with Gasteiger partial charge in [-0.3, -0.25) is 15.1 Å². The third kappa shape index (κ3) is 3.78. The van der Waals surface area contributed by atoms with Crippen LogP contribution in [0.3, 0.4) is 0 Å². The van der Waals surface area contributed by atoms with E-state index in [1.165, 1.54) is 62.7 Å². The molecule has 0 unspecified atom stereocenters. The zero-order valence-electron chi connectivity index (χ0n) is 15.6. The maximum absolute atomic E-state index is 13.0. The van der Waals surface area contributed by atoms with Gasteiger partial charge in [0.05, 0.1) is 0 Å². The highest BCUT2D eigenvalue weighted by molar-refractivity contribution is 6.07. The van der Waals surface area contributed by atoms with Crippen molar-refractivity contribution >= 4 is 11.9 Å².